The van der Waals surface area contributed by atoms with E-state index < -0.39 is 11.7 Å². The van der Waals surface area contributed by atoms with Crippen LogP contribution in [0.1, 0.15) is 20.8 Å². The van der Waals surface area contributed by atoms with Crippen molar-refractivity contribution in [1.82, 2.24) is 14.4 Å². The molecule has 4 aromatic rings. The van der Waals surface area contributed by atoms with Gasteiger partial charge in [0, 0.05) is 23.5 Å². The summed E-state index contributed by atoms with van der Waals surface area (Å²) in [5.74, 6) is 1.22. The van der Waals surface area contributed by atoms with Crippen molar-refractivity contribution in [3.8, 4) is 28.1 Å². The summed E-state index contributed by atoms with van der Waals surface area (Å²) in [4.78, 5) is 20.8. The molecule has 0 atom stereocenters. The molecule has 0 bridgehead atoms. The van der Waals surface area contributed by atoms with Crippen LogP contribution < -0.4 is 10.1 Å². The average molecular weight is 416 g/mol. The Morgan fingerprint density at radius 3 is 2.29 bits per heavy atom. The van der Waals surface area contributed by atoms with Gasteiger partial charge in [-0.1, -0.05) is 24.3 Å². The van der Waals surface area contributed by atoms with Gasteiger partial charge in [-0.25, -0.2) is 14.8 Å². The molecule has 0 fully saturated rings. The fraction of sp³-hybridized carbons (Fsp3) is 0.208. The molecule has 1 aromatic carbocycles. The molecule has 1 amide bonds. The monoisotopic (exact) mass is 416 g/mol. The molecule has 4 rings (SSSR count). The van der Waals surface area contributed by atoms with Crippen molar-refractivity contribution >= 4 is 17.6 Å². The largest absolute Gasteiger partial charge is 0.495 e. The number of imidazole rings is 1. The number of benzene rings is 1. The lowest BCUT2D eigenvalue weighted by molar-refractivity contribution is 0.0635. The minimum Gasteiger partial charge on any atom is -0.495 e. The molecular formula is C24H24N4O3. The Balaban J connectivity index is 1.48. The minimum absolute atomic E-state index is 0.440. The van der Waals surface area contributed by atoms with Gasteiger partial charge in [0.15, 0.2) is 0 Å². The molecule has 0 aliphatic heterocycles. The average Bonchev–Trinajstić information content (AvgIpc) is 3.16. The van der Waals surface area contributed by atoms with Crippen molar-refractivity contribution in [3.63, 3.8) is 0 Å². The first-order valence-corrected chi connectivity index (χ1v) is 9.90. The second kappa shape index (κ2) is 8.10. The number of methoxy groups -OCH3 is 1. The van der Waals surface area contributed by atoms with E-state index in [2.05, 4.69) is 15.3 Å². The molecule has 0 unspecified atom stereocenters. The third-order valence-electron chi connectivity index (χ3n) is 4.57. The summed E-state index contributed by atoms with van der Waals surface area (Å²) in [6, 6.07) is 15.6. The molecular weight excluding hydrogens is 392 g/mol. The lowest BCUT2D eigenvalue weighted by Gasteiger charge is -2.19. The van der Waals surface area contributed by atoms with Gasteiger partial charge in [-0.3, -0.25) is 5.32 Å². The molecule has 158 valence electrons. The van der Waals surface area contributed by atoms with Crippen LogP contribution in [0.25, 0.3) is 28.0 Å². The number of aromatic nitrogens is 3. The van der Waals surface area contributed by atoms with E-state index in [9.17, 15) is 4.79 Å². The van der Waals surface area contributed by atoms with E-state index >= 15 is 0 Å². The number of fused-ring (bicyclic) bond motifs is 1. The Hall–Kier alpha value is -3.87. The number of rotatable bonds is 4. The zero-order valence-corrected chi connectivity index (χ0v) is 17.9. The van der Waals surface area contributed by atoms with Crippen LogP contribution in [0.5, 0.6) is 5.75 Å². The second-order valence-electron chi connectivity index (χ2n) is 8.10. The van der Waals surface area contributed by atoms with E-state index in [-0.39, 0.29) is 0 Å². The molecule has 0 saturated carbocycles. The fourth-order valence-electron chi connectivity index (χ4n) is 3.11. The smallest absolute Gasteiger partial charge is 0.413 e. The summed E-state index contributed by atoms with van der Waals surface area (Å²) in [7, 11) is 1.65. The van der Waals surface area contributed by atoms with Crippen LogP contribution in [0.15, 0.2) is 67.1 Å². The first-order chi connectivity index (χ1) is 14.8. The minimum atomic E-state index is -0.557. The first-order valence-electron chi connectivity index (χ1n) is 9.90. The fourth-order valence-corrected chi connectivity index (χ4v) is 3.11. The van der Waals surface area contributed by atoms with E-state index in [1.165, 1.54) is 0 Å². The second-order valence-corrected chi connectivity index (χ2v) is 8.10. The van der Waals surface area contributed by atoms with Crippen molar-refractivity contribution in [3.05, 3.63) is 67.1 Å². The van der Waals surface area contributed by atoms with E-state index in [1.54, 1.807) is 19.4 Å². The summed E-state index contributed by atoms with van der Waals surface area (Å²) in [6.45, 7) is 5.45. The van der Waals surface area contributed by atoms with E-state index in [1.807, 2.05) is 80.0 Å². The van der Waals surface area contributed by atoms with Crippen molar-refractivity contribution in [2.45, 2.75) is 26.4 Å². The van der Waals surface area contributed by atoms with Gasteiger partial charge in [-0.15, -0.1) is 0 Å². The maximum Gasteiger partial charge on any atom is 0.413 e. The maximum absolute atomic E-state index is 11.9. The van der Waals surface area contributed by atoms with E-state index in [0.29, 0.717) is 5.82 Å². The molecule has 7 heteroatoms. The van der Waals surface area contributed by atoms with Gasteiger partial charge in [0.2, 0.25) is 0 Å². The molecule has 0 saturated heterocycles. The van der Waals surface area contributed by atoms with Gasteiger partial charge in [0.25, 0.3) is 0 Å². The molecule has 7 nitrogen and oxygen atoms in total. The number of carbonyl (C=O) groups is 1. The van der Waals surface area contributed by atoms with Crippen LogP contribution in [0.3, 0.4) is 0 Å². The Bertz CT molecular complexity index is 1210. The highest BCUT2D eigenvalue weighted by atomic mass is 16.6. The van der Waals surface area contributed by atoms with Gasteiger partial charge in [-0.2, -0.15) is 0 Å². The van der Waals surface area contributed by atoms with Crippen LogP contribution in [0, 0.1) is 0 Å². The van der Waals surface area contributed by atoms with Gasteiger partial charge >= 0.3 is 6.09 Å². The lowest BCUT2D eigenvalue weighted by Crippen LogP contribution is -2.27. The molecule has 0 aliphatic rings. The predicted molar refractivity (Wildman–Crippen MR) is 120 cm³/mol. The van der Waals surface area contributed by atoms with Gasteiger partial charge < -0.3 is 13.9 Å². The molecule has 3 aromatic heterocycles. The molecule has 0 aliphatic carbocycles. The lowest BCUT2D eigenvalue weighted by atomic mass is 10.0. The third kappa shape index (κ3) is 4.83. The molecule has 1 N–H and O–H groups in total. The maximum atomic E-state index is 11.9. The molecule has 3 heterocycles. The Kier molecular flexibility index (Phi) is 5.33. The zero-order valence-electron chi connectivity index (χ0n) is 17.9. The number of anilines is 1. The van der Waals surface area contributed by atoms with Crippen molar-refractivity contribution < 1.29 is 14.3 Å². The summed E-state index contributed by atoms with van der Waals surface area (Å²) >= 11 is 0. The highest BCUT2D eigenvalue weighted by Crippen LogP contribution is 2.26. The van der Waals surface area contributed by atoms with Crippen LogP contribution in [-0.4, -0.2) is 33.2 Å². The highest BCUT2D eigenvalue weighted by molar-refractivity contribution is 5.84. The SMILES string of the molecule is COc1ccc2nc(-c3ccc(-c4ccc(NC(=O)OC(C)(C)C)nc4)cc3)cn2c1. The van der Waals surface area contributed by atoms with Crippen molar-refractivity contribution in [2.24, 2.45) is 0 Å². The Morgan fingerprint density at radius 1 is 0.935 bits per heavy atom. The van der Waals surface area contributed by atoms with Gasteiger partial charge in [0.1, 0.15) is 22.8 Å². The topological polar surface area (TPSA) is 77.8 Å². The first kappa shape index (κ1) is 20.4. The van der Waals surface area contributed by atoms with E-state index in [0.717, 1.165) is 33.8 Å². The Morgan fingerprint density at radius 2 is 1.65 bits per heavy atom. The number of pyridine rings is 2. The third-order valence-corrected chi connectivity index (χ3v) is 4.57. The number of nitrogens with one attached hydrogen (secondary N) is 1. The molecule has 31 heavy (non-hydrogen) atoms. The quantitative estimate of drug-likeness (QED) is 0.481. The van der Waals surface area contributed by atoms with Crippen LogP contribution in [-0.2, 0) is 4.74 Å². The number of carbonyl (C=O) groups excluding carboxylic acids is 1. The number of nitrogens with zero attached hydrogens (tertiary/aromatic N) is 3. The molecule has 0 spiro atoms. The normalized spacial score (nSPS) is 11.4. The summed E-state index contributed by atoms with van der Waals surface area (Å²) in [6.07, 6.45) is 5.07. The molecule has 0 radical (unpaired) electrons. The number of ether oxygens (including phenoxy) is 2. The van der Waals surface area contributed by atoms with Gasteiger partial charge in [-0.05, 0) is 50.6 Å². The van der Waals surface area contributed by atoms with Gasteiger partial charge in [0.05, 0.1) is 19.0 Å². The van der Waals surface area contributed by atoms with Crippen LogP contribution in [0.4, 0.5) is 10.6 Å². The Labute approximate surface area is 180 Å². The summed E-state index contributed by atoms with van der Waals surface area (Å²) in [5, 5.41) is 2.64. The summed E-state index contributed by atoms with van der Waals surface area (Å²) in [5.41, 5.74) is 4.17. The number of hydrogen-bond donors (Lipinski definition) is 1. The highest BCUT2D eigenvalue weighted by Gasteiger charge is 2.16. The van der Waals surface area contributed by atoms with Crippen LogP contribution >= 0.6 is 0 Å². The summed E-state index contributed by atoms with van der Waals surface area (Å²) < 4.78 is 12.5. The van der Waals surface area contributed by atoms with E-state index in [4.69, 9.17) is 9.47 Å². The standard InChI is InChI=1S/C24H24N4O3/c1-24(2,3)31-23(29)27-21-11-9-18(13-25-21)16-5-7-17(8-6-16)20-15-28-14-19(30-4)10-12-22(28)26-20/h5-15H,1-4H3,(H,25,27,29). The number of amides is 1. The predicted octanol–water partition coefficient (Wildman–Crippen LogP) is 5.42. The zero-order chi connectivity index (χ0) is 22.0. The van der Waals surface area contributed by atoms with Crippen molar-refractivity contribution in [2.75, 3.05) is 12.4 Å². The van der Waals surface area contributed by atoms with Crippen molar-refractivity contribution in [1.29, 1.82) is 0 Å². The van der Waals surface area contributed by atoms with Crippen LogP contribution in [0.2, 0.25) is 0 Å². The number of hydrogen-bond acceptors (Lipinski definition) is 5.